The molecule has 0 spiro atoms. The van der Waals surface area contributed by atoms with E-state index in [1.54, 1.807) is 20.8 Å². The van der Waals surface area contributed by atoms with E-state index < -0.39 is 36.2 Å². The van der Waals surface area contributed by atoms with Gasteiger partial charge in [-0.15, -0.1) is 0 Å². The van der Waals surface area contributed by atoms with Gasteiger partial charge in [0.15, 0.2) is 0 Å². The molecule has 18 heavy (non-hydrogen) atoms. The van der Waals surface area contributed by atoms with E-state index in [-0.39, 0.29) is 12.8 Å². The number of amides is 2. The Kier molecular flexibility index (Phi) is 3.92. The van der Waals surface area contributed by atoms with E-state index in [0.29, 0.717) is 4.90 Å². The molecule has 1 aliphatic rings. The van der Waals surface area contributed by atoms with Crippen LogP contribution in [0.2, 0.25) is 0 Å². The number of piperidine rings is 1. The van der Waals surface area contributed by atoms with Gasteiger partial charge in [-0.25, -0.2) is 9.69 Å². The van der Waals surface area contributed by atoms with Crippen LogP contribution in [0.25, 0.3) is 0 Å². The molecule has 1 rings (SSSR count). The van der Waals surface area contributed by atoms with E-state index in [4.69, 9.17) is 4.74 Å². The number of carbonyl (C=O) groups is 2. The smallest absolute Gasteiger partial charge is 0.417 e. The topological polar surface area (TPSA) is 46.6 Å². The number of ether oxygens (including phenoxy) is 1. The van der Waals surface area contributed by atoms with Crippen LogP contribution in [0.1, 0.15) is 33.6 Å². The summed E-state index contributed by atoms with van der Waals surface area (Å²) in [6.45, 7) is 4.10. The highest BCUT2D eigenvalue weighted by Gasteiger charge is 2.45. The molecule has 0 bridgehead atoms. The van der Waals surface area contributed by atoms with Crippen LogP contribution in [0.4, 0.5) is 18.0 Å². The van der Waals surface area contributed by atoms with Gasteiger partial charge in [0.1, 0.15) is 5.60 Å². The standard InChI is InChI=1S/C11H16F3NO3/c1-10(2,3)18-9(17)15-6-7(11(12,13)14)4-5-8(15)16/h7H,4-6H2,1-3H3/t7-/m1/s1. The molecular weight excluding hydrogens is 251 g/mol. The summed E-state index contributed by atoms with van der Waals surface area (Å²) in [7, 11) is 0. The van der Waals surface area contributed by atoms with Crippen molar-refractivity contribution in [2.75, 3.05) is 6.54 Å². The van der Waals surface area contributed by atoms with Gasteiger partial charge in [0.25, 0.3) is 0 Å². The quantitative estimate of drug-likeness (QED) is 0.678. The minimum Gasteiger partial charge on any atom is -0.443 e. The number of halogens is 3. The molecule has 1 saturated heterocycles. The number of imide groups is 1. The first-order valence-electron chi connectivity index (χ1n) is 5.61. The summed E-state index contributed by atoms with van der Waals surface area (Å²) in [5.74, 6) is -2.28. The zero-order chi connectivity index (χ0) is 14.1. The van der Waals surface area contributed by atoms with E-state index in [0.717, 1.165) is 0 Å². The lowest BCUT2D eigenvalue weighted by atomic mass is 9.97. The first kappa shape index (κ1) is 14.8. The van der Waals surface area contributed by atoms with Gasteiger partial charge in [-0.1, -0.05) is 0 Å². The molecule has 0 radical (unpaired) electrons. The average molecular weight is 267 g/mol. The Balaban J connectivity index is 2.74. The third-order valence-corrected chi connectivity index (χ3v) is 2.49. The zero-order valence-electron chi connectivity index (χ0n) is 10.5. The predicted molar refractivity (Wildman–Crippen MR) is 56.7 cm³/mol. The van der Waals surface area contributed by atoms with Crippen LogP contribution >= 0.6 is 0 Å². The fraction of sp³-hybridized carbons (Fsp3) is 0.818. The first-order chi connectivity index (χ1) is 8.00. The molecule has 0 aromatic rings. The maximum atomic E-state index is 12.6. The molecule has 104 valence electrons. The Morgan fingerprint density at radius 1 is 1.33 bits per heavy atom. The van der Waals surface area contributed by atoms with Crippen LogP contribution in [0.5, 0.6) is 0 Å². The Morgan fingerprint density at radius 3 is 2.33 bits per heavy atom. The number of likely N-dealkylation sites (tertiary alicyclic amines) is 1. The monoisotopic (exact) mass is 267 g/mol. The van der Waals surface area contributed by atoms with E-state index in [9.17, 15) is 22.8 Å². The summed E-state index contributed by atoms with van der Waals surface area (Å²) in [6, 6.07) is 0. The third-order valence-electron chi connectivity index (χ3n) is 2.49. The van der Waals surface area contributed by atoms with Gasteiger partial charge >= 0.3 is 12.3 Å². The molecular formula is C11H16F3NO3. The Morgan fingerprint density at radius 2 is 1.89 bits per heavy atom. The van der Waals surface area contributed by atoms with Crippen LogP contribution in [0.3, 0.4) is 0 Å². The van der Waals surface area contributed by atoms with Gasteiger partial charge in [-0.2, -0.15) is 13.2 Å². The summed E-state index contributed by atoms with van der Waals surface area (Å²) in [5, 5.41) is 0. The first-order valence-corrected chi connectivity index (χ1v) is 5.61. The SMILES string of the molecule is CC(C)(C)OC(=O)N1C[C@H](C(F)(F)F)CCC1=O. The Bertz CT molecular complexity index is 346. The van der Waals surface area contributed by atoms with Gasteiger partial charge in [-0.3, -0.25) is 4.79 Å². The van der Waals surface area contributed by atoms with Crippen molar-refractivity contribution in [3.05, 3.63) is 0 Å². The number of carbonyl (C=O) groups excluding carboxylic acids is 2. The van der Waals surface area contributed by atoms with Gasteiger partial charge in [0.05, 0.1) is 5.92 Å². The molecule has 4 nitrogen and oxygen atoms in total. The molecule has 0 saturated carbocycles. The van der Waals surface area contributed by atoms with Gasteiger partial charge in [0.2, 0.25) is 5.91 Å². The van der Waals surface area contributed by atoms with E-state index in [1.165, 1.54) is 0 Å². The van der Waals surface area contributed by atoms with Crippen molar-refractivity contribution in [3.63, 3.8) is 0 Å². The third kappa shape index (κ3) is 3.89. The molecule has 1 heterocycles. The van der Waals surface area contributed by atoms with Crippen LogP contribution in [0.15, 0.2) is 0 Å². The summed E-state index contributed by atoms with van der Waals surface area (Å²) in [5.41, 5.74) is -0.845. The van der Waals surface area contributed by atoms with Crippen LogP contribution in [-0.4, -0.2) is 35.2 Å². The lowest BCUT2D eigenvalue weighted by molar-refractivity contribution is -0.187. The molecule has 0 N–H and O–H groups in total. The van der Waals surface area contributed by atoms with Crippen molar-refractivity contribution in [1.29, 1.82) is 0 Å². The Hall–Kier alpha value is -1.27. The fourth-order valence-corrected chi connectivity index (χ4v) is 1.61. The number of hydrogen-bond acceptors (Lipinski definition) is 3. The fourth-order valence-electron chi connectivity index (χ4n) is 1.61. The summed E-state index contributed by atoms with van der Waals surface area (Å²) < 4.78 is 42.6. The normalized spacial score (nSPS) is 22.0. The summed E-state index contributed by atoms with van der Waals surface area (Å²) in [4.78, 5) is 23.6. The van der Waals surface area contributed by atoms with Gasteiger partial charge in [-0.05, 0) is 27.2 Å². The number of nitrogens with zero attached hydrogens (tertiary/aromatic N) is 1. The number of hydrogen-bond donors (Lipinski definition) is 0. The molecule has 1 fully saturated rings. The van der Waals surface area contributed by atoms with Crippen LogP contribution in [0, 0.1) is 5.92 Å². The van der Waals surface area contributed by atoms with Gasteiger partial charge in [0, 0.05) is 13.0 Å². The second-order valence-electron chi connectivity index (χ2n) is 5.26. The van der Waals surface area contributed by atoms with E-state index in [1.807, 2.05) is 0 Å². The van der Waals surface area contributed by atoms with Crippen molar-refractivity contribution < 1.29 is 27.5 Å². The van der Waals surface area contributed by atoms with Crippen LogP contribution < -0.4 is 0 Å². The molecule has 1 atom stereocenters. The summed E-state index contributed by atoms with van der Waals surface area (Å²) in [6.07, 6.45) is -5.98. The second kappa shape index (κ2) is 4.78. The maximum absolute atomic E-state index is 12.6. The molecule has 1 aliphatic heterocycles. The lowest BCUT2D eigenvalue weighted by Gasteiger charge is -2.33. The van der Waals surface area contributed by atoms with Crippen molar-refractivity contribution in [2.24, 2.45) is 5.92 Å². The number of alkyl halides is 3. The molecule has 2 amide bonds. The highest BCUT2D eigenvalue weighted by Crippen LogP contribution is 2.33. The van der Waals surface area contributed by atoms with Crippen LogP contribution in [-0.2, 0) is 9.53 Å². The second-order valence-corrected chi connectivity index (χ2v) is 5.26. The molecule has 7 heteroatoms. The zero-order valence-corrected chi connectivity index (χ0v) is 10.5. The van der Waals surface area contributed by atoms with Crippen molar-refractivity contribution in [1.82, 2.24) is 4.90 Å². The van der Waals surface area contributed by atoms with Crippen molar-refractivity contribution >= 4 is 12.0 Å². The molecule has 0 aliphatic carbocycles. The molecule has 0 aromatic carbocycles. The minimum atomic E-state index is -4.40. The highest BCUT2D eigenvalue weighted by molar-refractivity contribution is 5.92. The average Bonchev–Trinajstić information content (AvgIpc) is 2.13. The highest BCUT2D eigenvalue weighted by atomic mass is 19.4. The minimum absolute atomic E-state index is 0.276. The van der Waals surface area contributed by atoms with E-state index in [2.05, 4.69) is 0 Å². The lowest BCUT2D eigenvalue weighted by Crippen LogP contribution is -2.49. The van der Waals surface area contributed by atoms with Crippen molar-refractivity contribution in [3.8, 4) is 0 Å². The Labute approximate surface area is 103 Å². The molecule has 0 aromatic heterocycles. The maximum Gasteiger partial charge on any atom is 0.417 e. The largest absolute Gasteiger partial charge is 0.443 e. The number of rotatable bonds is 0. The summed E-state index contributed by atoms with van der Waals surface area (Å²) >= 11 is 0. The van der Waals surface area contributed by atoms with Crippen molar-refractivity contribution in [2.45, 2.75) is 45.4 Å². The van der Waals surface area contributed by atoms with Gasteiger partial charge < -0.3 is 4.74 Å². The van der Waals surface area contributed by atoms with E-state index >= 15 is 0 Å². The molecule has 0 unspecified atom stereocenters. The predicted octanol–water partition coefficient (Wildman–Crippen LogP) is 2.72.